The van der Waals surface area contributed by atoms with Crippen LogP contribution in [0.1, 0.15) is 0 Å². The number of nitrogens with zero attached hydrogens (tertiary/aromatic N) is 1. The van der Waals surface area contributed by atoms with Crippen molar-refractivity contribution in [2.24, 2.45) is 0 Å². The van der Waals surface area contributed by atoms with E-state index in [1.807, 2.05) is 0 Å². The summed E-state index contributed by atoms with van der Waals surface area (Å²) in [4.78, 5) is 0. The fourth-order valence-electron chi connectivity index (χ4n) is 2.13. The predicted octanol–water partition coefficient (Wildman–Crippen LogP) is -0.266. The molecule has 0 saturated carbocycles. The molecule has 21 heavy (non-hydrogen) atoms. The van der Waals surface area contributed by atoms with Crippen LogP contribution < -0.4 is 42.4 Å². The average Bonchev–Trinajstić information content (AvgIpc) is 1.64. The standard InChI is InChI=1S/C6H19NSi2.C6H18NSi2.CH3.2Li/c2*1-8(2,3)7-9(4,5)6;;;/h7H,1-6H3;1-6H3;1H3;;/q;2*-1;2*+1. The van der Waals surface area contributed by atoms with Crippen LogP contribution in [0.3, 0.4) is 0 Å². The van der Waals surface area contributed by atoms with Crippen LogP contribution in [0, 0.1) is 7.43 Å². The first-order valence-electron chi connectivity index (χ1n) is 6.95. The van der Waals surface area contributed by atoms with Crippen LogP contribution in [0.2, 0.25) is 78.6 Å². The third kappa shape index (κ3) is 44.9. The average molecular weight is 351 g/mol. The molecule has 0 aliphatic heterocycles. The van der Waals surface area contributed by atoms with Gasteiger partial charge >= 0.3 is 37.7 Å². The largest absolute Gasteiger partial charge is 1.00 e. The number of rotatable bonds is 4. The normalized spacial score (nSPS) is 12.0. The van der Waals surface area contributed by atoms with E-state index in [0.29, 0.717) is 0 Å². The Kier molecular flexibility index (Phi) is 20.2. The zero-order chi connectivity index (χ0) is 15.4. The van der Waals surface area contributed by atoms with Gasteiger partial charge in [-0.3, -0.25) is 0 Å². The van der Waals surface area contributed by atoms with Gasteiger partial charge in [0.05, 0.1) is 0 Å². The van der Waals surface area contributed by atoms with Crippen molar-refractivity contribution in [2.45, 2.75) is 78.6 Å². The van der Waals surface area contributed by atoms with Gasteiger partial charge in [-0.25, -0.2) is 0 Å². The Morgan fingerprint density at radius 2 is 0.714 bits per heavy atom. The van der Waals surface area contributed by atoms with E-state index in [1.165, 1.54) is 0 Å². The molecule has 0 rings (SSSR count). The molecule has 0 spiro atoms. The van der Waals surface area contributed by atoms with Crippen molar-refractivity contribution in [3.05, 3.63) is 12.1 Å². The van der Waals surface area contributed by atoms with E-state index < -0.39 is 32.9 Å². The molecular formula is C13H40Li2N2Si4. The quantitative estimate of drug-likeness (QED) is 0.548. The van der Waals surface area contributed by atoms with Gasteiger partial charge in [-0.1, -0.05) is 95.0 Å². The molecule has 0 heterocycles. The molecular weight excluding hydrogens is 310 g/mol. The smallest absolute Gasteiger partial charge is 0.668 e. The molecule has 0 atom stereocenters. The molecule has 2 nitrogen and oxygen atoms in total. The molecule has 120 valence electrons. The van der Waals surface area contributed by atoms with E-state index >= 15 is 0 Å². The fraction of sp³-hybridized carbons (Fsp3) is 0.923. The molecule has 0 aromatic carbocycles. The number of hydrogen-bond donors (Lipinski definition) is 1. The molecule has 0 saturated heterocycles. The summed E-state index contributed by atoms with van der Waals surface area (Å²) in [6, 6.07) is 0. The third-order valence-corrected chi connectivity index (χ3v) is 12.8. The first-order chi connectivity index (χ1) is 7.41. The van der Waals surface area contributed by atoms with Crippen molar-refractivity contribution < 1.29 is 37.7 Å². The molecule has 0 fully saturated rings. The van der Waals surface area contributed by atoms with Crippen LogP contribution >= 0.6 is 0 Å². The van der Waals surface area contributed by atoms with Crippen LogP contribution in [0.5, 0.6) is 0 Å². The second-order valence-electron chi connectivity index (χ2n) is 9.08. The van der Waals surface area contributed by atoms with Gasteiger partial charge in [0.1, 0.15) is 16.5 Å². The molecule has 1 N–H and O–H groups in total. The second kappa shape index (κ2) is 12.4. The van der Waals surface area contributed by atoms with E-state index in [9.17, 15) is 0 Å². The molecule has 0 aliphatic carbocycles. The first kappa shape index (κ1) is 34.3. The minimum atomic E-state index is -1.11. The molecule has 0 amide bonds. The first-order valence-corrected chi connectivity index (χ1v) is 20.8. The maximum absolute atomic E-state index is 4.82. The van der Waals surface area contributed by atoms with Crippen molar-refractivity contribution in [1.29, 1.82) is 0 Å². The van der Waals surface area contributed by atoms with Gasteiger partial charge in [0, 0.05) is 0 Å². The van der Waals surface area contributed by atoms with Gasteiger partial charge < -0.3 is 16.7 Å². The van der Waals surface area contributed by atoms with Crippen LogP contribution in [-0.4, -0.2) is 32.9 Å². The van der Waals surface area contributed by atoms with Gasteiger partial charge in [0.25, 0.3) is 0 Å². The zero-order valence-electron chi connectivity index (χ0n) is 17.9. The van der Waals surface area contributed by atoms with Gasteiger partial charge in [-0.15, -0.1) is 0 Å². The Morgan fingerprint density at radius 3 is 0.714 bits per heavy atom. The van der Waals surface area contributed by atoms with E-state index in [2.05, 4.69) is 83.2 Å². The Labute approximate surface area is 165 Å². The van der Waals surface area contributed by atoms with Crippen molar-refractivity contribution in [3.63, 3.8) is 0 Å². The molecule has 0 aromatic heterocycles. The summed E-state index contributed by atoms with van der Waals surface area (Å²) in [5, 5.41) is 0. The van der Waals surface area contributed by atoms with Gasteiger partial charge in [0.2, 0.25) is 0 Å². The molecule has 0 aromatic rings. The SMILES string of the molecule is C[Si](C)(C)N[Si](C)(C)C.C[Si](C)(C)[N-][Si](C)(C)C.[CH3-].[Li+].[Li+]. The predicted molar refractivity (Wildman–Crippen MR) is 106 cm³/mol. The molecule has 8 heteroatoms. The number of hydrogen-bond acceptors (Lipinski definition) is 1. The summed E-state index contributed by atoms with van der Waals surface area (Å²) in [5.74, 6) is 0. The molecule has 0 aliphatic rings. The van der Waals surface area contributed by atoms with Gasteiger partial charge in [0.15, 0.2) is 0 Å². The van der Waals surface area contributed by atoms with Gasteiger partial charge in [-0.05, 0) is 0 Å². The van der Waals surface area contributed by atoms with E-state index in [-0.39, 0.29) is 45.1 Å². The molecule has 0 radical (unpaired) electrons. The van der Waals surface area contributed by atoms with Crippen LogP contribution in [0.25, 0.3) is 4.65 Å². The maximum Gasteiger partial charge on any atom is 1.00 e. The second-order valence-corrected chi connectivity index (χ2v) is 28.7. The molecule has 0 unspecified atom stereocenters. The van der Waals surface area contributed by atoms with Crippen molar-refractivity contribution in [1.82, 2.24) is 4.65 Å². The van der Waals surface area contributed by atoms with Crippen LogP contribution in [-0.2, 0) is 0 Å². The number of nitrogens with one attached hydrogen (secondary N) is 1. The Hall–Kier alpha value is 1.98. The van der Waals surface area contributed by atoms with Crippen molar-refractivity contribution >= 4 is 32.9 Å². The Bertz CT molecular complexity index is 189. The summed E-state index contributed by atoms with van der Waals surface area (Å²) in [6.07, 6.45) is 0. The minimum absolute atomic E-state index is 0. The Morgan fingerprint density at radius 1 is 0.524 bits per heavy atom. The minimum Gasteiger partial charge on any atom is -0.668 e. The van der Waals surface area contributed by atoms with Crippen LogP contribution in [0.15, 0.2) is 0 Å². The van der Waals surface area contributed by atoms with Gasteiger partial charge in [-0.2, -0.15) is 0 Å². The fourth-order valence-corrected chi connectivity index (χ4v) is 19.2. The zero-order valence-corrected chi connectivity index (χ0v) is 21.9. The van der Waals surface area contributed by atoms with Crippen molar-refractivity contribution in [2.75, 3.05) is 0 Å². The van der Waals surface area contributed by atoms with E-state index in [4.69, 9.17) is 4.65 Å². The summed E-state index contributed by atoms with van der Waals surface area (Å²) in [6.45, 7) is 27.9. The van der Waals surface area contributed by atoms with E-state index in [0.717, 1.165) is 0 Å². The Balaban J connectivity index is -0.0000000711. The monoisotopic (exact) mass is 350 g/mol. The third-order valence-electron chi connectivity index (χ3n) is 1.42. The topological polar surface area (TPSA) is 26.1 Å². The summed E-state index contributed by atoms with van der Waals surface area (Å²) < 4.78 is 8.56. The summed E-state index contributed by atoms with van der Waals surface area (Å²) in [5.41, 5.74) is 0. The van der Waals surface area contributed by atoms with E-state index in [1.54, 1.807) is 0 Å². The molecule has 0 bridgehead atoms. The summed E-state index contributed by atoms with van der Waals surface area (Å²) in [7, 11) is -4.17. The maximum atomic E-state index is 4.82. The summed E-state index contributed by atoms with van der Waals surface area (Å²) >= 11 is 0. The van der Waals surface area contributed by atoms with Crippen LogP contribution in [0.4, 0.5) is 0 Å². The van der Waals surface area contributed by atoms with Crippen molar-refractivity contribution in [3.8, 4) is 0 Å².